The summed E-state index contributed by atoms with van der Waals surface area (Å²) in [6.07, 6.45) is 0. The van der Waals surface area contributed by atoms with Crippen LogP contribution in [0.2, 0.25) is 5.02 Å². The van der Waals surface area contributed by atoms with E-state index in [9.17, 15) is 8.42 Å². The third kappa shape index (κ3) is 4.49. The molecule has 0 bridgehead atoms. The number of hydrogen-bond acceptors (Lipinski definition) is 4. The third-order valence-corrected chi connectivity index (χ3v) is 6.56. The summed E-state index contributed by atoms with van der Waals surface area (Å²) in [5, 5.41) is 15.5. The van der Waals surface area contributed by atoms with Crippen molar-refractivity contribution in [1.82, 2.24) is 5.01 Å². The van der Waals surface area contributed by atoms with Crippen LogP contribution in [-0.2, 0) is 10.0 Å². The molecule has 0 aromatic heterocycles. The Bertz CT molecular complexity index is 1330. The quantitative estimate of drug-likeness (QED) is 0.469. The fraction of sp³-hybridized carbons (Fsp3) is 0.0870. The van der Waals surface area contributed by atoms with Gasteiger partial charge in [0.2, 0.25) is 5.96 Å². The molecule has 7 nitrogen and oxygen atoms in total. The summed E-state index contributed by atoms with van der Waals surface area (Å²) >= 11 is 6.03. The van der Waals surface area contributed by atoms with E-state index in [0.717, 1.165) is 16.8 Å². The van der Waals surface area contributed by atoms with Crippen LogP contribution in [0.4, 0.5) is 0 Å². The molecule has 1 aliphatic rings. The Morgan fingerprint density at radius 3 is 2.34 bits per heavy atom. The largest absolute Gasteiger partial charge is 0.367 e. The van der Waals surface area contributed by atoms with Crippen LogP contribution < -0.4 is 5.73 Å². The Kier molecular flexibility index (Phi) is 5.95. The standard InChI is InChI=1S/C23H18ClN5O2S/c24-19-10-8-18(9-11-19)22-21(17-4-2-1-3-5-17)15-29(27-22)23(26)28-32(30,31)20-12-6-16(14-25)7-13-20/h1-13,21H,15H2,(H2,26,28)/t21-/m0/s1/i14-1. The van der Waals surface area contributed by atoms with Crippen molar-refractivity contribution in [2.45, 2.75) is 10.8 Å². The van der Waals surface area contributed by atoms with Crippen molar-refractivity contribution in [2.24, 2.45) is 15.2 Å². The smallest absolute Gasteiger partial charge is 0.285 e. The van der Waals surface area contributed by atoms with Crippen LogP contribution in [0.5, 0.6) is 0 Å². The van der Waals surface area contributed by atoms with Gasteiger partial charge in [-0.05, 0) is 47.5 Å². The number of sulfonamides is 1. The maximum atomic E-state index is 12.7. The number of guanidine groups is 1. The molecule has 1 aliphatic heterocycles. The van der Waals surface area contributed by atoms with Gasteiger partial charge < -0.3 is 5.73 Å². The van der Waals surface area contributed by atoms with E-state index >= 15 is 0 Å². The fourth-order valence-corrected chi connectivity index (χ4v) is 4.45. The van der Waals surface area contributed by atoms with Crippen LogP contribution in [0.1, 0.15) is 22.6 Å². The molecule has 0 unspecified atom stereocenters. The minimum absolute atomic E-state index is 0.0554. The van der Waals surface area contributed by atoms with Gasteiger partial charge in [-0.1, -0.05) is 54.1 Å². The van der Waals surface area contributed by atoms with Crippen LogP contribution in [-0.4, -0.2) is 31.6 Å². The summed E-state index contributed by atoms with van der Waals surface area (Å²) in [4.78, 5) is -0.0554. The maximum absolute atomic E-state index is 12.7. The van der Waals surface area contributed by atoms with Crippen molar-refractivity contribution < 1.29 is 8.42 Å². The van der Waals surface area contributed by atoms with E-state index in [1.54, 1.807) is 12.1 Å². The minimum Gasteiger partial charge on any atom is -0.367 e. The molecule has 4 rings (SSSR count). The Morgan fingerprint density at radius 1 is 1.06 bits per heavy atom. The van der Waals surface area contributed by atoms with E-state index in [-0.39, 0.29) is 16.8 Å². The highest BCUT2D eigenvalue weighted by Crippen LogP contribution is 2.29. The first-order valence-electron chi connectivity index (χ1n) is 9.65. The molecular weight excluding hydrogens is 445 g/mol. The lowest BCUT2D eigenvalue weighted by atomic mass is 9.91. The molecule has 3 aromatic carbocycles. The highest BCUT2D eigenvalue weighted by molar-refractivity contribution is 7.90. The molecule has 0 fully saturated rings. The predicted octanol–water partition coefficient (Wildman–Crippen LogP) is 3.72. The monoisotopic (exact) mass is 462 g/mol. The number of hydrogen-bond donors (Lipinski definition) is 1. The zero-order valence-corrected chi connectivity index (χ0v) is 18.3. The lowest BCUT2D eigenvalue weighted by molar-refractivity contribution is 0.470. The van der Waals surface area contributed by atoms with Crippen molar-refractivity contribution in [2.75, 3.05) is 6.54 Å². The van der Waals surface area contributed by atoms with Gasteiger partial charge in [-0.2, -0.15) is 18.8 Å². The highest BCUT2D eigenvalue weighted by Gasteiger charge is 2.31. The number of rotatable bonds is 4. The molecule has 2 N–H and O–H groups in total. The summed E-state index contributed by atoms with van der Waals surface area (Å²) < 4.78 is 29.2. The molecule has 0 spiro atoms. The molecule has 9 heteroatoms. The Hall–Kier alpha value is -3.67. The van der Waals surface area contributed by atoms with Gasteiger partial charge in [-0.25, -0.2) is 5.01 Å². The van der Waals surface area contributed by atoms with Gasteiger partial charge in [0.05, 0.1) is 28.8 Å². The normalized spacial score (nSPS) is 16.5. The number of nitriles is 1. The molecule has 1 heterocycles. The Labute approximate surface area is 191 Å². The van der Waals surface area contributed by atoms with Crippen molar-refractivity contribution in [3.05, 3.63) is 101 Å². The summed E-state index contributed by atoms with van der Waals surface area (Å²) in [7, 11) is -4.07. The van der Waals surface area contributed by atoms with Crippen LogP contribution in [0.3, 0.4) is 0 Å². The van der Waals surface area contributed by atoms with E-state index < -0.39 is 10.0 Å². The van der Waals surface area contributed by atoms with Crippen LogP contribution in [0.25, 0.3) is 0 Å². The molecule has 1 atom stereocenters. The molecule has 32 heavy (non-hydrogen) atoms. The Balaban J connectivity index is 1.69. The predicted molar refractivity (Wildman–Crippen MR) is 124 cm³/mol. The second kappa shape index (κ2) is 8.83. The second-order valence-electron chi connectivity index (χ2n) is 7.10. The molecule has 0 aliphatic carbocycles. The van der Waals surface area contributed by atoms with E-state index in [0.29, 0.717) is 17.1 Å². The lowest BCUT2D eigenvalue weighted by Gasteiger charge is -2.15. The number of nitrogens with zero attached hydrogens (tertiary/aromatic N) is 4. The maximum Gasteiger partial charge on any atom is 0.285 e. The highest BCUT2D eigenvalue weighted by atomic mass is 35.5. The van der Waals surface area contributed by atoms with Crippen LogP contribution >= 0.6 is 11.6 Å². The molecule has 0 radical (unpaired) electrons. The first-order chi connectivity index (χ1) is 15.4. The summed E-state index contributed by atoms with van der Waals surface area (Å²) in [5.74, 6) is -0.372. The average molecular weight is 463 g/mol. The average Bonchev–Trinajstić information content (AvgIpc) is 3.26. The van der Waals surface area contributed by atoms with Crippen molar-refractivity contribution >= 4 is 33.3 Å². The van der Waals surface area contributed by atoms with E-state index in [4.69, 9.17) is 22.6 Å². The summed E-state index contributed by atoms with van der Waals surface area (Å²) in [5.41, 5.74) is 9.04. The van der Waals surface area contributed by atoms with Gasteiger partial charge in [0, 0.05) is 10.9 Å². The SMILES string of the molecule is N#[11C]c1ccc(S(=O)(=O)N=C(N)N2C[C@@H](c3ccccc3)C(c3ccc(Cl)cc3)=N2)cc1. The van der Waals surface area contributed by atoms with Crippen molar-refractivity contribution in [3.8, 4) is 6.07 Å². The number of halogens is 1. The zero-order chi connectivity index (χ0) is 22.7. The first kappa shape index (κ1) is 21.6. The molecule has 160 valence electrons. The molecule has 0 saturated heterocycles. The summed E-state index contributed by atoms with van der Waals surface area (Å²) in [6, 6.07) is 24.5. The first-order valence-corrected chi connectivity index (χ1v) is 11.5. The van der Waals surface area contributed by atoms with Gasteiger partial charge in [0.15, 0.2) is 0 Å². The number of benzene rings is 3. The van der Waals surface area contributed by atoms with E-state index in [1.165, 1.54) is 29.3 Å². The molecule has 0 amide bonds. The van der Waals surface area contributed by atoms with E-state index in [1.807, 2.05) is 48.5 Å². The van der Waals surface area contributed by atoms with Gasteiger partial charge in [-0.15, -0.1) is 4.40 Å². The second-order valence-corrected chi connectivity index (χ2v) is 9.14. The van der Waals surface area contributed by atoms with Gasteiger partial charge in [-0.3, -0.25) is 0 Å². The lowest BCUT2D eigenvalue weighted by Crippen LogP contribution is -2.33. The number of nitrogens with two attached hydrogens (primary N) is 1. The Morgan fingerprint density at radius 2 is 1.72 bits per heavy atom. The third-order valence-electron chi connectivity index (χ3n) is 5.02. The fourth-order valence-electron chi connectivity index (χ4n) is 3.40. The minimum atomic E-state index is -4.07. The molecular formula is C23H18ClN5O2S. The topological polar surface area (TPSA) is 112 Å². The van der Waals surface area contributed by atoms with E-state index in [2.05, 4.69) is 9.50 Å². The van der Waals surface area contributed by atoms with Crippen LogP contribution in [0.15, 0.2) is 93.3 Å². The van der Waals surface area contributed by atoms with Crippen LogP contribution in [0, 0.1) is 11.3 Å². The summed E-state index contributed by atoms with van der Waals surface area (Å²) in [6.45, 7) is 0.334. The molecule has 0 saturated carbocycles. The van der Waals surface area contributed by atoms with Gasteiger partial charge in [0.25, 0.3) is 10.0 Å². The van der Waals surface area contributed by atoms with Crippen molar-refractivity contribution in [3.63, 3.8) is 0 Å². The zero-order valence-electron chi connectivity index (χ0n) is 16.8. The van der Waals surface area contributed by atoms with Gasteiger partial charge >= 0.3 is 0 Å². The molecule has 3 aromatic rings. The van der Waals surface area contributed by atoms with Gasteiger partial charge in [0.1, 0.15) is 0 Å². The number of hydrazone groups is 1. The van der Waals surface area contributed by atoms with Crippen molar-refractivity contribution in [1.29, 1.82) is 5.26 Å².